The molecule has 2 aliphatic rings. The molecule has 26 heavy (non-hydrogen) atoms. The molecule has 3 aromatic rings. The lowest BCUT2D eigenvalue weighted by molar-refractivity contribution is 0.445. The average Bonchev–Trinajstić information content (AvgIpc) is 3.16. The van der Waals surface area contributed by atoms with Gasteiger partial charge in [-0.15, -0.1) is 0 Å². The molecule has 1 saturated heterocycles. The van der Waals surface area contributed by atoms with Gasteiger partial charge in [0.25, 0.3) is 0 Å². The SMILES string of the molecule is CC1Cc2ncnc(C3CCNCC3)c2CN1c1ccnc2[nH]ccc12. The topological polar surface area (TPSA) is 69.7 Å². The summed E-state index contributed by atoms with van der Waals surface area (Å²) in [7, 11) is 0. The highest BCUT2D eigenvalue weighted by Crippen LogP contribution is 2.35. The molecular weight excluding hydrogens is 324 g/mol. The van der Waals surface area contributed by atoms with Crippen LogP contribution in [0.2, 0.25) is 0 Å². The zero-order valence-corrected chi connectivity index (χ0v) is 15.1. The van der Waals surface area contributed by atoms with E-state index in [0.717, 1.165) is 44.5 Å². The van der Waals surface area contributed by atoms with Gasteiger partial charge < -0.3 is 15.2 Å². The zero-order chi connectivity index (χ0) is 17.5. The van der Waals surface area contributed by atoms with Gasteiger partial charge in [-0.1, -0.05) is 0 Å². The summed E-state index contributed by atoms with van der Waals surface area (Å²) in [6.45, 7) is 5.32. The highest BCUT2D eigenvalue weighted by atomic mass is 15.2. The molecule has 1 unspecified atom stereocenters. The second kappa shape index (κ2) is 6.36. The Morgan fingerprint density at radius 1 is 1.12 bits per heavy atom. The van der Waals surface area contributed by atoms with Crippen LogP contribution >= 0.6 is 0 Å². The molecule has 0 aromatic carbocycles. The van der Waals surface area contributed by atoms with Crippen molar-refractivity contribution < 1.29 is 0 Å². The maximum atomic E-state index is 4.74. The quantitative estimate of drug-likeness (QED) is 0.745. The number of aromatic amines is 1. The largest absolute Gasteiger partial charge is 0.363 e. The van der Waals surface area contributed by atoms with Gasteiger partial charge in [0.05, 0.1) is 11.4 Å². The van der Waals surface area contributed by atoms with Crippen LogP contribution in [0, 0.1) is 0 Å². The molecule has 0 radical (unpaired) electrons. The Bertz CT molecular complexity index is 927. The summed E-state index contributed by atoms with van der Waals surface area (Å²) in [4.78, 5) is 19.5. The van der Waals surface area contributed by atoms with Crippen LogP contribution in [-0.4, -0.2) is 39.1 Å². The van der Waals surface area contributed by atoms with E-state index in [-0.39, 0.29) is 0 Å². The molecular formula is C20H24N6. The predicted molar refractivity (Wildman–Crippen MR) is 102 cm³/mol. The van der Waals surface area contributed by atoms with E-state index in [0.29, 0.717) is 12.0 Å². The van der Waals surface area contributed by atoms with Crippen LogP contribution in [0.4, 0.5) is 5.69 Å². The number of anilines is 1. The monoisotopic (exact) mass is 348 g/mol. The van der Waals surface area contributed by atoms with Crippen molar-refractivity contribution in [3.63, 3.8) is 0 Å². The maximum Gasteiger partial charge on any atom is 0.139 e. The Labute approximate surface area is 153 Å². The minimum Gasteiger partial charge on any atom is -0.363 e. The Morgan fingerprint density at radius 2 is 2.00 bits per heavy atom. The van der Waals surface area contributed by atoms with Crippen molar-refractivity contribution in [2.24, 2.45) is 0 Å². The molecule has 6 heteroatoms. The Kier molecular flexibility index (Phi) is 3.85. The van der Waals surface area contributed by atoms with E-state index in [1.165, 1.54) is 28.0 Å². The van der Waals surface area contributed by atoms with Gasteiger partial charge in [0, 0.05) is 54.0 Å². The summed E-state index contributed by atoms with van der Waals surface area (Å²) < 4.78 is 0. The lowest BCUT2D eigenvalue weighted by Crippen LogP contribution is -2.40. The smallest absolute Gasteiger partial charge is 0.139 e. The number of nitrogens with one attached hydrogen (secondary N) is 2. The first-order chi connectivity index (χ1) is 12.8. The number of aromatic nitrogens is 4. The number of nitrogens with zero attached hydrogens (tertiary/aromatic N) is 4. The second-order valence-corrected chi connectivity index (χ2v) is 7.46. The molecule has 0 spiro atoms. The van der Waals surface area contributed by atoms with Gasteiger partial charge in [0.15, 0.2) is 0 Å². The molecule has 134 valence electrons. The van der Waals surface area contributed by atoms with Crippen LogP contribution in [0.15, 0.2) is 30.9 Å². The number of H-pyrrole nitrogens is 1. The molecule has 0 saturated carbocycles. The number of hydrogen-bond donors (Lipinski definition) is 2. The number of hydrogen-bond acceptors (Lipinski definition) is 5. The summed E-state index contributed by atoms with van der Waals surface area (Å²) >= 11 is 0. The lowest BCUT2D eigenvalue weighted by Gasteiger charge is -2.38. The van der Waals surface area contributed by atoms with Crippen LogP contribution in [-0.2, 0) is 13.0 Å². The number of rotatable bonds is 2. The van der Waals surface area contributed by atoms with Crippen LogP contribution < -0.4 is 10.2 Å². The van der Waals surface area contributed by atoms with Gasteiger partial charge in [-0.2, -0.15) is 0 Å². The minimum atomic E-state index is 0.402. The van der Waals surface area contributed by atoms with E-state index < -0.39 is 0 Å². The maximum absolute atomic E-state index is 4.74. The molecule has 5 rings (SSSR count). The summed E-state index contributed by atoms with van der Waals surface area (Å²) in [5, 5.41) is 4.64. The van der Waals surface area contributed by atoms with E-state index in [4.69, 9.17) is 4.98 Å². The Hall–Kier alpha value is -2.47. The van der Waals surface area contributed by atoms with Gasteiger partial charge in [-0.05, 0) is 45.0 Å². The third kappa shape index (κ3) is 2.56. The van der Waals surface area contributed by atoms with Crippen molar-refractivity contribution in [1.82, 2.24) is 25.3 Å². The minimum absolute atomic E-state index is 0.402. The van der Waals surface area contributed by atoms with Crippen LogP contribution in [0.5, 0.6) is 0 Å². The third-order valence-electron chi connectivity index (χ3n) is 5.89. The molecule has 6 nitrogen and oxygen atoms in total. The van der Waals surface area contributed by atoms with Crippen molar-refractivity contribution in [3.8, 4) is 0 Å². The number of piperidine rings is 1. The fourth-order valence-corrected chi connectivity index (χ4v) is 4.50. The molecule has 0 bridgehead atoms. The molecule has 1 fully saturated rings. The van der Waals surface area contributed by atoms with Crippen molar-refractivity contribution in [2.45, 2.75) is 44.7 Å². The highest BCUT2D eigenvalue weighted by Gasteiger charge is 2.30. The van der Waals surface area contributed by atoms with Crippen molar-refractivity contribution in [1.29, 1.82) is 0 Å². The summed E-state index contributed by atoms with van der Waals surface area (Å²) in [6, 6.07) is 4.65. The molecule has 0 amide bonds. The van der Waals surface area contributed by atoms with Crippen LogP contribution in [0.1, 0.15) is 42.6 Å². The molecule has 3 aromatic heterocycles. The molecule has 2 aliphatic heterocycles. The first kappa shape index (κ1) is 15.8. The van der Waals surface area contributed by atoms with Crippen molar-refractivity contribution in [2.75, 3.05) is 18.0 Å². The van der Waals surface area contributed by atoms with Gasteiger partial charge in [-0.3, -0.25) is 0 Å². The molecule has 0 aliphatic carbocycles. The summed E-state index contributed by atoms with van der Waals surface area (Å²) in [5.41, 5.74) is 6.04. The number of fused-ring (bicyclic) bond motifs is 2. The van der Waals surface area contributed by atoms with E-state index >= 15 is 0 Å². The first-order valence-electron chi connectivity index (χ1n) is 9.53. The predicted octanol–water partition coefficient (Wildman–Crippen LogP) is 2.77. The van der Waals surface area contributed by atoms with Gasteiger partial charge in [-0.25, -0.2) is 15.0 Å². The number of pyridine rings is 1. The Balaban J connectivity index is 1.56. The molecule has 5 heterocycles. The van der Waals surface area contributed by atoms with Gasteiger partial charge in [0.2, 0.25) is 0 Å². The summed E-state index contributed by atoms with van der Waals surface area (Å²) in [5.74, 6) is 0.549. The molecule has 2 N–H and O–H groups in total. The average molecular weight is 348 g/mol. The zero-order valence-electron chi connectivity index (χ0n) is 15.1. The fraction of sp³-hybridized carbons (Fsp3) is 0.450. The first-order valence-corrected chi connectivity index (χ1v) is 9.53. The van der Waals surface area contributed by atoms with Crippen LogP contribution in [0.3, 0.4) is 0 Å². The Morgan fingerprint density at radius 3 is 2.88 bits per heavy atom. The van der Waals surface area contributed by atoms with E-state index in [2.05, 4.69) is 44.2 Å². The fourth-order valence-electron chi connectivity index (χ4n) is 4.50. The highest BCUT2D eigenvalue weighted by molar-refractivity contribution is 5.90. The van der Waals surface area contributed by atoms with E-state index in [9.17, 15) is 0 Å². The second-order valence-electron chi connectivity index (χ2n) is 7.46. The van der Waals surface area contributed by atoms with Crippen LogP contribution in [0.25, 0.3) is 11.0 Å². The molecule has 1 atom stereocenters. The van der Waals surface area contributed by atoms with Gasteiger partial charge in [0.1, 0.15) is 12.0 Å². The lowest BCUT2D eigenvalue weighted by atomic mass is 9.88. The van der Waals surface area contributed by atoms with E-state index in [1.807, 2.05) is 12.4 Å². The normalized spacial score (nSPS) is 21.1. The van der Waals surface area contributed by atoms with Crippen molar-refractivity contribution >= 4 is 16.7 Å². The van der Waals surface area contributed by atoms with E-state index in [1.54, 1.807) is 6.33 Å². The standard InChI is InChI=1S/C20H24N6/c1-13-10-17-16(19(25-12-24-17)14-2-6-21-7-3-14)11-26(13)18-5-9-23-20-15(18)4-8-22-20/h4-5,8-9,12-14,21H,2-3,6-7,10-11H2,1H3,(H,22,23). The van der Waals surface area contributed by atoms with Crippen molar-refractivity contribution in [3.05, 3.63) is 47.8 Å². The van der Waals surface area contributed by atoms with Gasteiger partial charge >= 0.3 is 0 Å². The third-order valence-corrected chi connectivity index (χ3v) is 5.89. The summed E-state index contributed by atoms with van der Waals surface area (Å²) in [6.07, 6.45) is 8.92.